The van der Waals surface area contributed by atoms with Crippen LogP contribution in [0, 0.1) is 13.8 Å². The molecule has 6 nitrogen and oxygen atoms in total. The molecule has 1 amide bonds. The molecular weight excluding hydrogens is 328 g/mol. The number of amides is 1. The molecule has 4 rings (SSSR count). The van der Waals surface area contributed by atoms with Crippen molar-refractivity contribution >= 4 is 5.91 Å². The number of benzene rings is 1. The molecule has 0 N–H and O–H groups in total. The normalized spacial score (nSPS) is 16.8. The van der Waals surface area contributed by atoms with Gasteiger partial charge in [-0.25, -0.2) is 9.97 Å². The summed E-state index contributed by atoms with van der Waals surface area (Å²) in [5, 5.41) is 4.12. The van der Waals surface area contributed by atoms with Gasteiger partial charge in [-0.1, -0.05) is 35.5 Å². The van der Waals surface area contributed by atoms with Crippen LogP contribution in [0.2, 0.25) is 0 Å². The molecule has 2 aromatic heterocycles. The molecule has 0 bridgehead atoms. The third kappa shape index (κ3) is 2.98. The maximum Gasteiger partial charge on any atom is 0.258 e. The molecule has 1 atom stereocenters. The van der Waals surface area contributed by atoms with Gasteiger partial charge in [0.15, 0.2) is 0 Å². The predicted octanol–water partition coefficient (Wildman–Crippen LogP) is 3.73. The Morgan fingerprint density at radius 1 is 1.23 bits per heavy atom. The first-order chi connectivity index (χ1) is 12.6. The van der Waals surface area contributed by atoms with Crippen LogP contribution in [0.25, 0.3) is 11.3 Å². The lowest BCUT2D eigenvalue weighted by Crippen LogP contribution is -2.31. The largest absolute Gasteiger partial charge is 0.361 e. The summed E-state index contributed by atoms with van der Waals surface area (Å²) in [6.45, 7) is 4.38. The fraction of sp³-hybridized carbons (Fsp3) is 0.300. The molecule has 0 aliphatic carbocycles. The van der Waals surface area contributed by atoms with E-state index in [2.05, 4.69) is 15.1 Å². The van der Waals surface area contributed by atoms with Crippen molar-refractivity contribution in [3.8, 4) is 11.3 Å². The number of nitrogens with zero attached hydrogens (tertiary/aromatic N) is 4. The fourth-order valence-corrected chi connectivity index (χ4v) is 3.46. The minimum atomic E-state index is -0.0649. The van der Waals surface area contributed by atoms with Gasteiger partial charge in [0, 0.05) is 24.4 Å². The van der Waals surface area contributed by atoms with Crippen LogP contribution in [-0.2, 0) is 0 Å². The van der Waals surface area contributed by atoms with Crippen molar-refractivity contribution in [3.05, 3.63) is 65.4 Å². The number of rotatable bonds is 3. The highest BCUT2D eigenvalue weighted by molar-refractivity contribution is 6.00. The predicted molar refractivity (Wildman–Crippen MR) is 96.5 cm³/mol. The molecule has 0 radical (unpaired) electrons. The van der Waals surface area contributed by atoms with Crippen molar-refractivity contribution in [1.82, 2.24) is 20.0 Å². The average molecular weight is 348 g/mol. The fourth-order valence-electron chi connectivity index (χ4n) is 3.46. The second-order valence-electron chi connectivity index (χ2n) is 6.56. The lowest BCUT2D eigenvalue weighted by atomic mass is 10.1. The van der Waals surface area contributed by atoms with Crippen LogP contribution in [0.5, 0.6) is 0 Å². The first kappa shape index (κ1) is 16.4. The van der Waals surface area contributed by atoms with Crippen LogP contribution < -0.4 is 0 Å². The summed E-state index contributed by atoms with van der Waals surface area (Å²) in [7, 11) is 0. The molecule has 1 aromatic carbocycles. The molecule has 3 heterocycles. The van der Waals surface area contributed by atoms with Crippen LogP contribution in [0.4, 0.5) is 0 Å². The zero-order chi connectivity index (χ0) is 18.1. The van der Waals surface area contributed by atoms with Crippen LogP contribution in [0.15, 0.2) is 47.1 Å². The minimum absolute atomic E-state index is 0.0630. The summed E-state index contributed by atoms with van der Waals surface area (Å²) in [6, 6.07) is 11.6. The lowest BCUT2D eigenvalue weighted by Gasteiger charge is -2.24. The Labute approximate surface area is 151 Å². The summed E-state index contributed by atoms with van der Waals surface area (Å²) in [4.78, 5) is 24.0. The molecular formula is C20H20N4O2. The monoisotopic (exact) mass is 348 g/mol. The van der Waals surface area contributed by atoms with E-state index in [-0.39, 0.29) is 11.9 Å². The highest BCUT2D eigenvalue weighted by atomic mass is 16.5. The third-order valence-electron chi connectivity index (χ3n) is 4.69. The van der Waals surface area contributed by atoms with E-state index in [0.29, 0.717) is 23.6 Å². The van der Waals surface area contributed by atoms with Crippen molar-refractivity contribution in [3.63, 3.8) is 0 Å². The number of hydrogen-bond acceptors (Lipinski definition) is 5. The second-order valence-corrected chi connectivity index (χ2v) is 6.56. The molecule has 1 aliphatic heterocycles. The molecule has 1 aliphatic rings. The van der Waals surface area contributed by atoms with Gasteiger partial charge in [-0.3, -0.25) is 4.79 Å². The Hall–Kier alpha value is -3.02. The Morgan fingerprint density at radius 2 is 2.04 bits per heavy atom. The Balaban J connectivity index is 1.72. The van der Waals surface area contributed by atoms with Gasteiger partial charge in [-0.15, -0.1) is 0 Å². The zero-order valence-electron chi connectivity index (χ0n) is 14.8. The number of hydrogen-bond donors (Lipinski definition) is 0. The van der Waals surface area contributed by atoms with E-state index in [4.69, 9.17) is 4.52 Å². The maximum atomic E-state index is 13.3. The average Bonchev–Trinajstić information content (AvgIpc) is 3.30. The molecule has 0 spiro atoms. The summed E-state index contributed by atoms with van der Waals surface area (Å²) in [6.07, 6.45) is 3.46. The topological polar surface area (TPSA) is 72.1 Å². The highest BCUT2D eigenvalue weighted by Gasteiger charge is 2.34. The van der Waals surface area contributed by atoms with Gasteiger partial charge in [-0.2, -0.15) is 0 Å². The van der Waals surface area contributed by atoms with E-state index in [1.54, 1.807) is 6.20 Å². The minimum Gasteiger partial charge on any atom is -0.361 e. The third-order valence-corrected chi connectivity index (χ3v) is 4.69. The molecule has 0 unspecified atom stereocenters. The van der Waals surface area contributed by atoms with Crippen LogP contribution >= 0.6 is 0 Å². The highest BCUT2D eigenvalue weighted by Crippen LogP contribution is 2.34. The molecule has 1 saturated heterocycles. The summed E-state index contributed by atoms with van der Waals surface area (Å²) >= 11 is 0. The van der Waals surface area contributed by atoms with E-state index in [1.807, 2.05) is 55.1 Å². The summed E-state index contributed by atoms with van der Waals surface area (Å²) in [5.41, 5.74) is 2.91. The van der Waals surface area contributed by atoms with E-state index in [1.165, 1.54) is 0 Å². The Bertz CT molecular complexity index is 936. The van der Waals surface area contributed by atoms with Gasteiger partial charge >= 0.3 is 0 Å². The summed E-state index contributed by atoms with van der Waals surface area (Å²) < 4.78 is 5.21. The van der Waals surface area contributed by atoms with Crippen molar-refractivity contribution in [2.75, 3.05) is 6.54 Å². The molecule has 0 saturated carbocycles. The first-order valence-corrected chi connectivity index (χ1v) is 8.77. The van der Waals surface area contributed by atoms with Crippen molar-refractivity contribution in [2.24, 2.45) is 0 Å². The number of aromatic nitrogens is 3. The smallest absolute Gasteiger partial charge is 0.258 e. The number of likely N-dealkylation sites (tertiary alicyclic amines) is 1. The van der Waals surface area contributed by atoms with Crippen molar-refractivity contribution < 1.29 is 9.32 Å². The van der Waals surface area contributed by atoms with Crippen LogP contribution in [-0.4, -0.2) is 32.5 Å². The van der Waals surface area contributed by atoms with Crippen molar-refractivity contribution in [1.29, 1.82) is 0 Å². The van der Waals surface area contributed by atoms with Gasteiger partial charge in [0.25, 0.3) is 5.91 Å². The molecule has 26 heavy (non-hydrogen) atoms. The molecule has 132 valence electrons. The van der Waals surface area contributed by atoms with Gasteiger partial charge in [0.05, 0.1) is 17.3 Å². The van der Waals surface area contributed by atoms with Crippen LogP contribution in [0.3, 0.4) is 0 Å². The number of carbonyl (C=O) groups is 1. The maximum absolute atomic E-state index is 13.3. The van der Waals surface area contributed by atoms with Crippen molar-refractivity contribution in [2.45, 2.75) is 32.7 Å². The summed E-state index contributed by atoms with van der Waals surface area (Å²) in [5.74, 6) is 1.33. The quantitative estimate of drug-likeness (QED) is 0.721. The van der Waals surface area contributed by atoms with E-state index in [9.17, 15) is 4.79 Å². The second kappa shape index (κ2) is 6.71. The SMILES string of the molecule is Cc1ncc(C(=O)N2CCC[C@@H]2c2cc(C)on2)c(-c2ccccc2)n1. The number of aryl methyl sites for hydroxylation is 2. The van der Waals surface area contributed by atoms with Gasteiger partial charge in [0.1, 0.15) is 17.3 Å². The zero-order valence-corrected chi connectivity index (χ0v) is 14.8. The van der Waals surface area contributed by atoms with Crippen LogP contribution in [0.1, 0.15) is 46.5 Å². The van der Waals surface area contributed by atoms with E-state index >= 15 is 0 Å². The van der Waals surface area contributed by atoms with E-state index in [0.717, 1.165) is 29.9 Å². The van der Waals surface area contributed by atoms with Gasteiger partial charge < -0.3 is 9.42 Å². The Kier molecular flexibility index (Phi) is 4.24. The molecule has 3 aromatic rings. The lowest BCUT2D eigenvalue weighted by molar-refractivity contribution is 0.0731. The van der Waals surface area contributed by atoms with E-state index < -0.39 is 0 Å². The standard InChI is InChI=1S/C20H20N4O2/c1-13-11-17(23-26-13)18-9-6-10-24(18)20(25)16-12-21-14(2)22-19(16)15-7-4-3-5-8-15/h3-5,7-8,11-12,18H,6,9-10H2,1-2H3/t18-/m1/s1. The van der Waals surface area contributed by atoms with Gasteiger partial charge in [0.2, 0.25) is 0 Å². The van der Waals surface area contributed by atoms with Gasteiger partial charge in [-0.05, 0) is 26.7 Å². The Morgan fingerprint density at radius 3 is 2.77 bits per heavy atom. The molecule has 6 heteroatoms. The first-order valence-electron chi connectivity index (χ1n) is 8.77. The molecule has 1 fully saturated rings. The number of carbonyl (C=O) groups excluding carboxylic acids is 1.